The first-order valence-corrected chi connectivity index (χ1v) is 10.9. The maximum atomic E-state index is 12.1. The molecule has 3 rings (SSSR count). The molecule has 1 aromatic rings. The van der Waals surface area contributed by atoms with Crippen molar-refractivity contribution >= 4 is 5.97 Å². The highest BCUT2D eigenvalue weighted by molar-refractivity contribution is 5.72. The van der Waals surface area contributed by atoms with E-state index in [-0.39, 0.29) is 29.0 Å². The van der Waals surface area contributed by atoms with E-state index in [0.717, 1.165) is 29.7 Å². The smallest absolute Gasteiger partial charge is 0.306 e. The lowest BCUT2D eigenvalue weighted by molar-refractivity contribution is -0.142. The zero-order valence-corrected chi connectivity index (χ0v) is 18.1. The lowest BCUT2D eigenvalue weighted by Crippen LogP contribution is -2.44. The molecule has 0 bridgehead atoms. The van der Waals surface area contributed by atoms with Crippen LogP contribution in [0.2, 0.25) is 0 Å². The lowest BCUT2D eigenvalue weighted by Gasteiger charge is -2.44. The maximum Gasteiger partial charge on any atom is 0.306 e. The second-order valence-corrected chi connectivity index (χ2v) is 9.73. The van der Waals surface area contributed by atoms with Crippen molar-refractivity contribution in [2.75, 3.05) is 6.61 Å². The number of rotatable bonds is 6. The molecular formula is C24H36O4. The highest BCUT2D eigenvalue weighted by Crippen LogP contribution is 2.53. The Kier molecular flexibility index (Phi) is 5.97. The number of phenolic OH excluding ortho intramolecular Hbond substituents is 1. The maximum absolute atomic E-state index is 12.1. The number of unbranched alkanes of at least 4 members (excludes halogenated alkanes) is 3. The molecule has 0 spiro atoms. The van der Waals surface area contributed by atoms with Gasteiger partial charge in [0, 0.05) is 17.4 Å². The highest BCUT2D eigenvalue weighted by atomic mass is 16.5. The molecule has 0 saturated carbocycles. The van der Waals surface area contributed by atoms with E-state index in [1.54, 1.807) is 0 Å². The third-order valence-corrected chi connectivity index (χ3v) is 6.76. The number of aromatic hydroxyl groups is 1. The number of carbonyl (C=O) groups is 1. The van der Waals surface area contributed by atoms with E-state index in [1.165, 1.54) is 25.7 Å². The van der Waals surface area contributed by atoms with Gasteiger partial charge in [-0.1, -0.05) is 46.5 Å². The summed E-state index contributed by atoms with van der Waals surface area (Å²) in [6.45, 7) is 11.3. The van der Waals surface area contributed by atoms with Crippen molar-refractivity contribution < 1.29 is 19.4 Å². The number of phenols is 1. The van der Waals surface area contributed by atoms with Crippen LogP contribution in [-0.2, 0) is 14.9 Å². The molecule has 1 aromatic carbocycles. The minimum atomic E-state index is -0.401. The molecule has 156 valence electrons. The molecule has 0 aromatic heterocycles. The first-order chi connectivity index (χ1) is 13.2. The second kappa shape index (κ2) is 7.96. The highest BCUT2D eigenvalue weighted by Gasteiger charge is 2.47. The molecule has 0 radical (unpaired) electrons. The third-order valence-electron chi connectivity index (χ3n) is 6.76. The molecule has 1 N–H and O–H groups in total. The monoisotopic (exact) mass is 388 g/mol. The minimum Gasteiger partial charge on any atom is -0.508 e. The zero-order valence-electron chi connectivity index (χ0n) is 18.1. The van der Waals surface area contributed by atoms with Gasteiger partial charge in [-0.05, 0) is 49.8 Å². The second-order valence-electron chi connectivity index (χ2n) is 9.73. The lowest BCUT2D eigenvalue weighted by atomic mass is 9.70. The average Bonchev–Trinajstić information content (AvgIpc) is 2.80. The van der Waals surface area contributed by atoms with Crippen LogP contribution in [0.15, 0.2) is 12.1 Å². The molecule has 2 aliphatic heterocycles. The standard InChI is InChI=1S/C24H36O4/c1-6-7-8-9-11-23(2,3)16-13-19(25)22-17-15-21(26)27-12-10-18(17)24(4,5)28-20(22)14-16/h13-14,17-18,25H,6-12,15H2,1-5H3/t17-,18?/m1/s1. The van der Waals surface area contributed by atoms with Crippen molar-refractivity contribution in [3.8, 4) is 11.5 Å². The van der Waals surface area contributed by atoms with E-state index in [1.807, 2.05) is 6.07 Å². The van der Waals surface area contributed by atoms with Crippen molar-refractivity contribution in [1.29, 1.82) is 0 Å². The van der Waals surface area contributed by atoms with Gasteiger partial charge in [0.1, 0.15) is 17.1 Å². The Labute approximate surface area is 169 Å². The minimum absolute atomic E-state index is 0.0347. The normalized spacial score (nSPS) is 23.8. The number of cyclic esters (lactones) is 1. The Balaban J connectivity index is 1.94. The molecule has 1 fully saturated rings. The molecule has 4 nitrogen and oxygen atoms in total. The van der Waals surface area contributed by atoms with Crippen LogP contribution in [0.25, 0.3) is 0 Å². The van der Waals surface area contributed by atoms with Crippen molar-refractivity contribution in [2.45, 2.75) is 96.5 Å². The third kappa shape index (κ3) is 4.16. The number of carbonyl (C=O) groups excluding carboxylic acids is 1. The Morgan fingerprint density at radius 3 is 2.68 bits per heavy atom. The summed E-state index contributed by atoms with van der Waals surface area (Å²) in [5.41, 5.74) is 1.45. The van der Waals surface area contributed by atoms with Crippen LogP contribution in [0, 0.1) is 5.92 Å². The number of ether oxygens (including phenoxy) is 2. The molecule has 2 atom stereocenters. The van der Waals surface area contributed by atoms with E-state index in [9.17, 15) is 9.90 Å². The number of fused-ring (bicyclic) bond motifs is 3. The van der Waals surface area contributed by atoms with Crippen molar-refractivity contribution in [1.82, 2.24) is 0 Å². The van der Waals surface area contributed by atoms with Crippen LogP contribution >= 0.6 is 0 Å². The predicted molar refractivity (Wildman–Crippen MR) is 111 cm³/mol. The quantitative estimate of drug-likeness (QED) is 0.491. The van der Waals surface area contributed by atoms with Crippen LogP contribution in [0.3, 0.4) is 0 Å². The van der Waals surface area contributed by atoms with Crippen LogP contribution in [-0.4, -0.2) is 23.3 Å². The van der Waals surface area contributed by atoms with Crippen molar-refractivity contribution in [3.63, 3.8) is 0 Å². The fourth-order valence-corrected chi connectivity index (χ4v) is 4.97. The fraction of sp³-hybridized carbons (Fsp3) is 0.708. The molecule has 28 heavy (non-hydrogen) atoms. The number of esters is 1. The summed E-state index contributed by atoms with van der Waals surface area (Å²) in [6, 6.07) is 4.00. The van der Waals surface area contributed by atoms with E-state index in [0.29, 0.717) is 13.0 Å². The van der Waals surface area contributed by atoms with Gasteiger partial charge < -0.3 is 14.6 Å². The average molecular weight is 389 g/mol. The van der Waals surface area contributed by atoms with E-state index in [2.05, 4.69) is 40.7 Å². The van der Waals surface area contributed by atoms with Gasteiger partial charge in [-0.2, -0.15) is 0 Å². The Morgan fingerprint density at radius 2 is 1.96 bits per heavy atom. The molecule has 2 aliphatic rings. The molecule has 0 amide bonds. The van der Waals surface area contributed by atoms with E-state index < -0.39 is 5.60 Å². The van der Waals surface area contributed by atoms with Crippen LogP contribution in [0.1, 0.15) is 96.6 Å². The SMILES string of the molecule is CCCCCCC(C)(C)c1cc(O)c2c(c1)OC(C)(C)C1CCOC(=O)C[C@@H]21. The van der Waals surface area contributed by atoms with E-state index >= 15 is 0 Å². The number of hydrogen-bond acceptors (Lipinski definition) is 4. The summed E-state index contributed by atoms with van der Waals surface area (Å²) in [6.07, 6.45) is 7.06. The number of benzene rings is 1. The summed E-state index contributed by atoms with van der Waals surface area (Å²) >= 11 is 0. The van der Waals surface area contributed by atoms with Crippen molar-refractivity contribution in [3.05, 3.63) is 23.3 Å². The fourth-order valence-electron chi connectivity index (χ4n) is 4.97. The van der Waals surface area contributed by atoms with Crippen LogP contribution in [0.5, 0.6) is 11.5 Å². The number of hydrogen-bond donors (Lipinski definition) is 1. The summed E-state index contributed by atoms with van der Waals surface area (Å²) < 4.78 is 11.7. The predicted octanol–water partition coefficient (Wildman–Crippen LogP) is 5.85. The van der Waals surface area contributed by atoms with Gasteiger partial charge in [0.2, 0.25) is 0 Å². The van der Waals surface area contributed by atoms with Crippen molar-refractivity contribution in [2.24, 2.45) is 5.92 Å². The van der Waals surface area contributed by atoms with Crippen LogP contribution in [0.4, 0.5) is 0 Å². The molecule has 0 aliphatic carbocycles. The van der Waals surface area contributed by atoms with E-state index in [4.69, 9.17) is 9.47 Å². The largest absolute Gasteiger partial charge is 0.508 e. The first kappa shape index (κ1) is 21.0. The summed E-state index contributed by atoms with van der Waals surface area (Å²) in [7, 11) is 0. The first-order valence-electron chi connectivity index (χ1n) is 10.9. The van der Waals surface area contributed by atoms with Gasteiger partial charge in [0.05, 0.1) is 13.0 Å². The van der Waals surface area contributed by atoms with Gasteiger partial charge in [0.15, 0.2) is 0 Å². The van der Waals surface area contributed by atoms with Gasteiger partial charge in [-0.3, -0.25) is 4.79 Å². The van der Waals surface area contributed by atoms with Gasteiger partial charge in [0.25, 0.3) is 0 Å². The zero-order chi connectivity index (χ0) is 20.5. The Morgan fingerprint density at radius 1 is 1.21 bits per heavy atom. The van der Waals surface area contributed by atoms with Gasteiger partial charge >= 0.3 is 5.97 Å². The summed E-state index contributed by atoms with van der Waals surface area (Å²) in [4.78, 5) is 12.1. The molecule has 1 unspecified atom stereocenters. The molecular weight excluding hydrogens is 352 g/mol. The molecule has 4 heteroatoms. The topological polar surface area (TPSA) is 55.8 Å². The molecule has 2 heterocycles. The van der Waals surface area contributed by atoms with Crippen LogP contribution < -0.4 is 4.74 Å². The van der Waals surface area contributed by atoms with Gasteiger partial charge in [-0.25, -0.2) is 0 Å². The summed E-state index contributed by atoms with van der Waals surface area (Å²) in [5, 5.41) is 11.0. The Hall–Kier alpha value is -1.71. The molecule has 1 saturated heterocycles. The summed E-state index contributed by atoms with van der Waals surface area (Å²) in [5.74, 6) is 0.892. The van der Waals surface area contributed by atoms with Gasteiger partial charge in [-0.15, -0.1) is 0 Å². The Bertz CT molecular complexity index is 720.